The van der Waals surface area contributed by atoms with E-state index in [1.807, 2.05) is 31.4 Å². The van der Waals surface area contributed by atoms with Crippen LogP contribution in [0.15, 0.2) is 36.8 Å². The van der Waals surface area contributed by atoms with Gasteiger partial charge in [0.15, 0.2) is 0 Å². The van der Waals surface area contributed by atoms with Crippen molar-refractivity contribution in [1.29, 1.82) is 0 Å². The zero-order valence-corrected chi connectivity index (χ0v) is 8.54. The van der Waals surface area contributed by atoms with E-state index in [0.717, 1.165) is 11.3 Å². The zero-order chi connectivity index (χ0) is 10.7. The molecule has 0 aromatic carbocycles. The van der Waals surface area contributed by atoms with Crippen LogP contribution in [0.5, 0.6) is 0 Å². The van der Waals surface area contributed by atoms with E-state index in [0.29, 0.717) is 6.42 Å². The van der Waals surface area contributed by atoms with Gasteiger partial charge in [0.1, 0.15) is 0 Å². The highest BCUT2D eigenvalue weighted by Gasteiger charge is 2.10. The lowest BCUT2D eigenvalue weighted by molar-refractivity contribution is 0.177. The average molecular weight is 203 g/mol. The fourth-order valence-electron chi connectivity index (χ4n) is 1.45. The lowest BCUT2D eigenvalue weighted by Crippen LogP contribution is -2.02. The third kappa shape index (κ3) is 2.41. The molecule has 2 aromatic rings. The van der Waals surface area contributed by atoms with Crippen molar-refractivity contribution in [3.63, 3.8) is 0 Å². The Morgan fingerprint density at radius 3 is 2.93 bits per heavy atom. The molecule has 0 saturated heterocycles. The summed E-state index contributed by atoms with van der Waals surface area (Å²) in [5.74, 6) is 0. The number of pyridine rings is 1. The van der Waals surface area contributed by atoms with Crippen molar-refractivity contribution in [1.82, 2.24) is 14.8 Å². The Labute approximate surface area is 88.2 Å². The Morgan fingerprint density at radius 2 is 2.33 bits per heavy atom. The summed E-state index contributed by atoms with van der Waals surface area (Å²) >= 11 is 0. The number of aromatic nitrogens is 3. The Balaban J connectivity index is 2.07. The van der Waals surface area contributed by atoms with Crippen molar-refractivity contribution in [2.45, 2.75) is 12.5 Å². The van der Waals surface area contributed by atoms with Gasteiger partial charge in [0.25, 0.3) is 0 Å². The number of hydrogen-bond donors (Lipinski definition) is 1. The molecule has 0 spiro atoms. The number of aliphatic hydroxyl groups excluding tert-OH is 1. The summed E-state index contributed by atoms with van der Waals surface area (Å²) in [6, 6.07) is 5.68. The summed E-state index contributed by atoms with van der Waals surface area (Å²) in [7, 11) is 1.83. The molecule has 0 aliphatic carbocycles. The summed E-state index contributed by atoms with van der Waals surface area (Å²) in [5, 5.41) is 13.9. The van der Waals surface area contributed by atoms with Gasteiger partial charge in [-0.3, -0.25) is 9.67 Å². The molecule has 2 heterocycles. The van der Waals surface area contributed by atoms with Crippen LogP contribution in [-0.4, -0.2) is 19.9 Å². The molecular weight excluding hydrogens is 190 g/mol. The highest BCUT2D eigenvalue weighted by atomic mass is 16.3. The Kier molecular flexibility index (Phi) is 2.78. The summed E-state index contributed by atoms with van der Waals surface area (Å²) in [6.45, 7) is 0. The van der Waals surface area contributed by atoms with Crippen molar-refractivity contribution in [3.05, 3.63) is 48.0 Å². The van der Waals surface area contributed by atoms with Crippen molar-refractivity contribution in [3.8, 4) is 0 Å². The highest BCUT2D eigenvalue weighted by molar-refractivity contribution is 5.12. The molecule has 1 N–H and O–H groups in total. The first-order valence-corrected chi connectivity index (χ1v) is 4.82. The van der Waals surface area contributed by atoms with Gasteiger partial charge in [-0.25, -0.2) is 0 Å². The van der Waals surface area contributed by atoms with Gasteiger partial charge in [-0.15, -0.1) is 0 Å². The van der Waals surface area contributed by atoms with E-state index in [2.05, 4.69) is 10.1 Å². The smallest absolute Gasteiger partial charge is 0.0875 e. The normalized spacial score (nSPS) is 12.7. The summed E-state index contributed by atoms with van der Waals surface area (Å²) < 4.78 is 1.68. The Bertz CT molecular complexity index is 424. The van der Waals surface area contributed by atoms with Crippen molar-refractivity contribution in [2.24, 2.45) is 7.05 Å². The maximum atomic E-state index is 9.89. The maximum Gasteiger partial charge on any atom is 0.0875 e. The van der Waals surface area contributed by atoms with Gasteiger partial charge in [-0.2, -0.15) is 5.10 Å². The first-order valence-electron chi connectivity index (χ1n) is 4.82. The molecule has 0 fully saturated rings. The van der Waals surface area contributed by atoms with E-state index in [1.54, 1.807) is 17.1 Å². The van der Waals surface area contributed by atoms with E-state index in [-0.39, 0.29) is 0 Å². The lowest BCUT2D eigenvalue weighted by atomic mass is 10.1. The van der Waals surface area contributed by atoms with Crippen LogP contribution in [0.1, 0.15) is 17.4 Å². The van der Waals surface area contributed by atoms with Crippen LogP contribution in [0.25, 0.3) is 0 Å². The number of aryl methyl sites for hydroxylation is 1. The second kappa shape index (κ2) is 4.23. The van der Waals surface area contributed by atoms with E-state index in [1.165, 1.54) is 0 Å². The summed E-state index contributed by atoms with van der Waals surface area (Å²) in [6.07, 6.45) is 5.20. The molecule has 0 aliphatic heterocycles. The third-order valence-electron chi connectivity index (χ3n) is 2.24. The molecule has 0 bridgehead atoms. The van der Waals surface area contributed by atoms with E-state index in [9.17, 15) is 5.11 Å². The molecule has 4 nitrogen and oxygen atoms in total. The first kappa shape index (κ1) is 9.86. The Morgan fingerprint density at radius 1 is 1.47 bits per heavy atom. The van der Waals surface area contributed by atoms with Gasteiger partial charge >= 0.3 is 0 Å². The molecule has 0 aliphatic rings. The van der Waals surface area contributed by atoms with Crippen LogP contribution in [0.4, 0.5) is 0 Å². The number of nitrogens with zero attached hydrogens (tertiary/aromatic N) is 3. The van der Waals surface area contributed by atoms with Gasteiger partial charge in [0.2, 0.25) is 0 Å². The first-order chi connectivity index (χ1) is 7.25. The number of rotatable bonds is 3. The van der Waals surface area contributed by atoms with Crippen molar-refractivity contribution >= 4 is 0 Å². The van der Waals surface area contributed by atoms with Gasteiger partial charge < -0.3 is 5.11 Å². The fraction of sp³-hybridized carbons (Fsp3) is 0.273. The molecule has 1 atom stereocenters. The van der Waals surface area contributed by atoms with Crippen LogP contribution in [0.2, 0.25) is 0 Å². The van der Waals surface area contributed by atoms with Crippen LogP contribution >= 0.6 is 0 Å². The minimum atomic E-state index is -0.534. The van der Waals surface area contributed by atoms with E-state index >= 15 is 0 Å². The SMILES string of the molecule is Cn1cc(C(O)Cc2ccccn2)cn1. The predicted octanol–water partition coefficient (Wildman–Crippen LogP) is 1.09. The fourth-order valence-corrected chi connectivity index (χ4v) is 1.45. The molecule has 15 heavy (non-hydrogen) atoms. The monoisotopic (exact) mass is 203 g/mol. The van der Waals surface area contributed by atoms with E-state index in [4.69, 9.17) is 0 Å². The number of hydrogen-bond acceptors (Lipinski definition) is 3. The zero-order valence-electron chi connectivity index (χ0n) is 8.54. The molecular formula is C11H13N3O. The van der Waals surface area contributed by atoms with Gasteiger partial charge in [-0.05, 0) is 12.1 Å². The summed E-state index contributed by atoms with van der Waals surface area (Å²) in [4.78, 5) is 4.16. The maximum absolute atomic E-state index is 9.89. The minimum Gasteiger partial charge on any atom is -0.388 e. The van der Waals surface area contributed by atoms with E-state index < -0.39 is 6.10 Å². The second-order valence-corrected chi connectivity index (χ2v) is 3.49. The molecule has 2 aromatic heterocycles. The molecule has 0 saturated carbocycles. The van der Waals surface area contributed by atoms with Crippen LogP contribution in [0, 0.1) is 0 Å². The molecule has 4 heteroatoms. The second-order valence-electron chi connectivity index (χ2n) is 3.49. The van der Waals surface area contributed by atoms with Crippen molar-refractivity contribution < 1.29 is 5.11 Å². The minimum absolute atomic E-state index is 0.520. The lowest BCUT2D eigenvalue weighted by Gasteiger charge is -2.06. The topological polar surface area (TPSA) is 50.9 Å². The third-order valence-corrected chi connectivity index (χ3v) is 2.24. The van der Waals surface area contributed by atoms with Gasteiger partial charge in [0.05, 0.1) is 12.3 Å². The standard InChI is InChI=1S/C11H13N3O/c1-14-8-9(7-13-14)11(15)6-10-4-2-3-5-12-10/h2-5,7-8,11,15H,6H2,1H3. The van der Waals surface area contributed by atoms with Crippen LogP contribution < -0.4 is 0 Å². The molecule has 0 amide bonds. The highest BCUT2D eigenvalue weighted by Crippen LogP contribution is 2.15. The van der Waals surface area contributed by atoms with Gasteiger partial charge in [0, 0.05) is 37.1 Å². The molecule has 2 rings (SSSR count). The quantitative estimate of drug-likeness (QED) is 0.812. The predicted molar refractivity (Wildman–Crippen MR) is 56.1 cm³/mol. The molecule has 78 valence electrons. The largest absolute Gasteiger partial charge is 0.388 e. The number of aliphatic hydroxyl groups is 1. The average Bonchev–Trinajstić information content (AvgIpc) is 2.66. The van der Waals surface area contributed by atoms with Crippen molar-refractivity contribution in [2.75, 3.05) is 0 Å². The Hall–Kier alpha value is -1.68. The van der Waals surface area contributed by atoms with Crippen LogP contribution in [0.3, 0.4) is 0 Å². The van der Waals surface area contributed by atoms with Crippen LogP contribution in [-0.2, 0) is 13.5 Å². The molecule has 1 unspecified atom stereocenters. The molecule has 0 radical (unpaired) electrons. The van der Waals surface area contributed by atoms with Gasteiger partial charge in [-0.1, -0.05) is 6.07 Å². The summed E-state index contributed by atoms with van der Waals surface area (Å²) in [5.41, 5.74) is 1.71.